The fourth-order valence-electron chi connectivity index (χ4n) is 13.2. The molecule has 0 bridgehead atoms. The molecule has 7 aliphatic rings. The van der Waals surface area contributed by atoms with Gasteiger partial charge in [-0.2, -0.15) is 0 Å². The number of piperidine rings is 1. The zero-order valence-electron chi connectivity index (χ0n) is 85.4. The van der Waals surface area contributed by atoms with Crippen LogP contribution in [0.15, 0.2) is 221 Å². The van der Waals surface area contributed by atoms with Crippen molar-refractivity contribution in [3.05, 3.63) is 232 Å². The maximum Gasteiger partial charge on any atom is 0.217 e. The number of carbonyl (C=O) groups excluding carboxylic acids is 1. The molecule has 2 aliphatic heterocycles. The van der Waals surface area contributed by atoms with Crippen LogP contribution in [0.3, 0.4) is 0 Å². The van der Waals surface area contributed by atoms with Crippen LogP contribution >= 0.6 is 0 Å². The highest BCUT2D eigenvalue weighted by Crippen LogP contribution is 2.35. The first-order chi connectivity index (χ1) is 62.1. The Morgan fingerprint density at radius 1 is 0.465 bits per heavy atom. The molecular formula is C111H200F5N11O2. The minimum Gasteiger partial charge on any atom is -0.381 e. The number of ether oxygens (including phenoxy) is 1. The van der Waals surface area contributed by atoms with E-state index in [1.54, 1.807) is 47.6 Å². The van der Waals surface area contributed by atoms with Gasteiger partial charge in [0.1, 0.15) is 11.5 Å². The van der Waals surface area contributed by atoms with Crippen LogP contribution in [0.1, 0.15) is 327 Å². The smallest absolute Gasteiger partial charge is 0.217 e. The molecule has 0 aromatic heterocycles. The number of hydrogen-bond acceptors (Lipinski definition) is 12. The van der Waals surface area contributed by atoms with E-state index in [2.05, 4.69) is 208 Å². The Hall–Kier alpha value is -6.26. The molecule has 746 valence electrons. The molecule has 2 saturated heterocycles. The van der Waals surface area contributed by atoms with Crippen molar-refractivity contribution in [2.24, 2.45) is 28.7 Å². The fraction of sp³-hybridized carbons (Fsp3) is 0.649. The third-order valence-electron chi connectivity index (χ3n) is 22.1. The first-order valence-corrected chi connectivity index (χ1v) is 49.6. The summed E-state index contributed by atoms with van der Waals surface area (Å²) in [4.78, 5) is 10.0. The van der Waals surface area contributed by atoms with Crippen LogP contribution in [0.4, 0.5) is 22.0 Å². The van der Waals surface area contributed by atoms with Crippen LogP contribution in [0.2, 0.25) is 0 Å². The predicted molar refractivity (Wildman–Crippen MR) is 562 cm³/mol. The van der Waals surface area contributed by atoms with Crippen molar-refractivity contribution in [1.29, 1.82) is 0 Å². The summed E-state index contributed by atoms with van der Waals surface area (Å²) < 4.78 is 64.2. The van der Waals surface area contributed by atoms with Gasteiger partial charge in [0.15, 0.2) is 0 Å². The summed E-state index contributed by atoms with van der Waals surface area (Å²) >= 11 is 0. The molecule has 0 radical (unpaired) electrons. The lowest BCUT2D eigenvalue weighted by Gasteiger charge is -2.34. The molecule has 12 N–H and O–H groups in total. The number of halogens is 5. The van der Waals surface area contributed by atoms with Gasteiger partial charge in [-0.15, -0.1) is 52.6 Å². The summed E-state index contributed by atoms with van der Waals surface area (Å²) in [6.45, 7) is 71.8. The summed E-state index contributed by atoms with van der Waals surface area (Å²) in [6, 6.07) is 24.0. The first kappa shape index (κ1) is 133. The molecular weight excluding hydrogens is 1610 g/mol. The lowest BCUT2D eigenvalue weighted by Crippen LogP contribution is -2.41. The molecule has 2 aromatic carbocycles. The van der Waals surface area contributed by atoms with Gasteiger partial charge in [-0.1, -0.05) is 246 Å². The minimum atomic E-state index is -0.910. The lowest BCUT2D eigenvalue weighted by molar-refractivity contribution is -0.118. The second-order valence-electron chi connectivity index (χ2n) is 34.8. The third-order valence-corrected chi connectivity index (χ3v) is 22.1. The van der Waals surface area contributed by atoms with Gasteiger partial charge in [-0.25, -0.2) is 27.0 Å². The molecule has 13 nitrogen and oxygen atoms in total. The van der Waals surface area contributed by atoms with Crippen LogP contribution in [0.25, 0.3) is 0 Å². The Morgan fingerprint density at radius 2 is 0.860 bits per heavy atom. The van der Waals surface area contributed by atoms with Crippen molar-refractivity contribution in [3.8, 4) is 0 Å². The Bertz CT molecular complexity index is 2830. The summed E-state index contributed by atoms with van der Waals surface area (Å²) in [6.07, 6.45) is 62.4. The highest BCUT2D eigenvalue weighted by atomic mass is 19.1. The molecule has 5 aliphatic carbocycles. The van der Waals surface area contributed by atoms with Gasteiger partial charge >= 0.3 is 0 Å². The number of nitrogens with two attached hydrogens (primary N) is 2. The van der Waals surface area contributed by atoms with Crippen molar-refractivity contribution in [2.75, 3.05) is 91.8 Å². The number of amides is 1. The van der Waals surface area contributed by atoms with Gasteiger partial charge in [0.2, 0.25) is 5.91 Å². The number of hydrazine groups is 1. The van der Waals surface area contributed by atoms with E-state index in [-0.39, 0.29) is 24.1 Å². The highest BCUT2D eigenvalue weighted by molar-refractivity contribution is 5.72. The number of benzene rings is 2. The topological polar surface area (TPSA) is 178 Å². The van der Waals surface area contributed by atoms with Gasteiger partial charge in [0.25, 0.3) is 0 Å². The number of carbonyl (C=O) groups is 1. The summed E-state index contributed by atoms with van der Waals surface area (Å²) in [5, 5.41) is 25.6. The van der Waals surface area contributed by atoms with E-state index < -0.39 is 5.67 Å². The van der Waals surface area contributed by atoms with E-state index in [1.165, 1.54) is 203 Å². The predicted octanol–water partition coefficient (Wildman–Crippen LogP) is 28.1. The molecule has 1 amide bonds. The molecule has 0 unspecified atom stereocenters. The number of alkyl halides is 1. The molecule has 9 rings (SSSR count). The van der Waals surface area contributed by atoms with Crippen molar-refractivity contribution in [1.82, 2.24) is 47.7 Å². The largest absolute Gasteiger partial charge is 0.381 e. The van der Waals surface area contributed by atoms with Crippen molar-refractivity contribution >= 4 is 5.91 Å². The zero-order chi connectivity index (χ0) is 97.9. The molecule has 0 spiro atoms. The van der Waals surface area contributed by atoms with Crippen LogP contribution in [-0.4, -0.2) is 133 Å². The first-order valence-electron chi connectivity index (χ1n) is 49.6. The van der Waals surface area contributed by atoms with Gasteiger partial charge in [-0.3, -0.25) is 10.2 Å². The zero-order valence-corrected chi connectivity index (χ0v) is 85.4. The van der Waals surface area contributed by atoms with Crippen LogP contribution < -0.4 is 54.1 Å². The van der Waals surface area contributed by atoms with Crippen LogP contribution in [0.5, 0.6) is 0 Å². The van der Waals surface area contributed by atoms with Crippen molar-refractivity contribution in [2.45, 2.75) is 359 Å². The number of rotatable bonds is 32. The Kier molecular flexibility index (Phi) is 106. The standard InChI is InChI=1S/C14H21N.C13H19N.C11H21N.C10H18FN.C10H19N.C8H16N2.C8H15NO.2C5H9F.C5H9NO.2C5H10.2C4H8FN.C4H8/c1-3-7-13(8-4-1)11-15-12-14-9-5-2-6-10-14;1-3-7-12(8-4-1)11-14-13-9-5-2-6-10-13;1-4-9-12-10-5-7-11(2,3)8-6-10;1-3-8-12-9-4-6-10(2,11)7-5-9;1-2-8-11-9-10-6-4-3-5-7-10;1-2-6-9-10-7-4-3-5-8-10;1-2-5-9-8-3-6-10-7-4-8;1-3-5(2)4-6;1-3-5(6)4-2;1-3-4-6-5(2)7;1-4-5(2)3;1-3-5-4-2;1-4(2-5)3-6;1-2-4(5)3-6;1-3-4-2/h1,3-4,7-8,14-15H,2,5-6,9-12H2;1,3-4,7-8,13-14H,2,5-6,9-11H2;4,10,12H,1,5-9H2,2-3H3;3,9,12H,1,4-8H2,2H3;2,10-11H,1,3-9H2;2,9H,1,3-8H2;2,8-9H,1,3-7H2;4H,3H2,1-2H3;3H,4H2,1-2H3;3H,1,4H2,2H3,(H,6,7);2,4H2,1,3H3;3,5H,4H2,1-2H3;2*2H,3,6H2,1H3;3H,1,4H2,2H3/b;;;;;;;5-4-;5-3+;;;5-3+;4-2+;4-2-;. The maximum atomic E-state index is 13.3. The van der Waals surface area contributed by atoms with E-state index in [4.69, 9.17) is 16.2 Å². The third kappa shape index (κ3) is 102. The van der Waals surface area contributed by atoms with E-state index in [0.29, 0.717) is 68.1 Å². The average molecular weight is 1820 g/mol. The quantitative estimate of drug-likeness (QED) is 0.0191. The van der Waals surface area contributed by atoms with Crippen molar-refractivity contribution < 1.29 is 31.5 Å². The molecule has 129 heavy (non-hydrogen) atoms. The number of nitrogens with zero attached hydrogens (tertiary/aromatic N) is 1. The molecule has 2 aromatic rings. The fourth-order valence-corrected chi connectivity index (χ4v) is 13.2. The normalized spacial score (nSPS) is 18.1. The van der Waals surface area contributed by atoms with E-state index in [9.17, 15) is 26.7 Å². The van der Waals surface area contributed by atoms with Gasteiger partial charge < -0.3 is 53.4 Å². The summed E-state index contributed by atoms with van der Waals surface area (Å²) in [5.74, 6) is 1.58. The molecule has 5 saturated carbocycles. The van der Waals surface area contributed by atoms with E-state index in [1.807, 2.05) is 57.2 Å². The van der Waals surface area contributed by atoms with Crippen LogP contribution in [-0.2, 0) is 22.6 Å². The van der Waals surface area contributed by atoms with Crippen molar-refractivity contribution in [3.63, 3.8) is 0 Å². The Balaban J connectivity index is -0.000000319. The molecule has 2 heterocycles. The molecule has 7 fully saturated rings. The Morgan fingerprint density at radius 3 is 1.17 bits per heavy atom. The Labute approximate surface area is 792 Å². The van der Waals surface area contributed by atoms with Crippen LogP contribution in [0, 0.1) is 17.3 Å². The SMILES string of the molecule is C/C(=C\F)CN.C/C=C(/F)CC.C/C=C(\F)CN.C/C=C/CC.C=C(C)CC.C=CCC.C=CCNC(C)=O.C=CCNC1CCC(C)(C)CC1.C=CCNC1CCC(C)(F)CC1.C=CCNC1CCOCC1.C=CCNCC1CCCCC1.C=CCNN1CCCCC1.CC/C(C)=C\F.c1ccc(CNC2CCCCC2)cc1.c1ccc(CNCC2CCCCC2)cc1. The monoisotopic (exact) mass is 1810 g/mol. The number of hydrogen-bond donors (Lipinski definition) is 10. The summed E-state index contributed by atoms with van der Waals surface area (Å²) in [5.41, 5.74) is 18.2. The second kappa shape index (κ2) is 102. The van der Waals surface area contributed by atoms with Gasteiger partial charge in [0, 0.05) is 123 Å². The van der Waals surface area contributed by atoms with E-state index >= 15 is 0 Å². The number of allylic oxidation sites excluding steroid dienone is 8. The molecule has 0 atom stereocenters. The number of nitrogens with one attached hydrogen (secondary N) is 8. The maximum absolute atomic E-state index is 13.3. The molecule has 18 heteroatoms. The van der Waals surface area contributed by atoms with Gasteiger partial charge in [-0.05, 0) is 249 Å². The average Bonchev–Trinajstić information content (AvgIpc) is 0.877. The second-order valence-corrected chi connectivity index (χ2v) is 34.8. The summed E-state index contributed by atoms with van der Waals surface area (Å²) in [7, 11) is 0. The minimum absolute atomic E-state index is 0.0140. The lowest BCUT2D eigenvalue weighted by atomic mass is 9.75. The van der Waals surface area contributed by atoms with Gasteiger partial charge in [0.05, 0.1) is 18.5 Å². The highest BCUT2D eigenvalue weighted by Gasteiger charge is 2.30. The van der Waals surface area contributed by atoms with E-state index in [0.717, 1.165) is 140 Å².